The van der Waals surface area contributed by atoms with Crippen LogP contribution in [0.25, 0.3) is 0 Å². The second-order valence-electron chi connectivity index (χ2n) is 4.31. The lowest BCUT2D eigenvalue weighted by molar-refractivity contribution is 0.409. The third-order valence-corrected chi connectivity index (χ3v) is 4.24. The summed E-state index contributed by atoms with van der Waals surface area (Å²) in [5, 5.41) is 0. The zero-order valence-electron chi connectivity index (χ0n) is 10.7. The van der Waals surface area contributed by atoms with E-state index in [1.54, 1.807) is 13.2 Å². The Morgan fingerprint density at radius 2 is 1.85 bits per heavy atom. The van der Waals surface area contributed by atoms with Crippen molar-refractivity contribution in [1.29, 1.82) is 0 Å². The number of ether oxygens (including phenoxy) is 1. The van der Waals surface area contributed by atoms with Crippen LogP contribution in [0.15, 0.2) is 40.9 Å². The first-order chi connectivity index (χ1) is 9.51. The van der Waals surface area contributed by atoms with E-state index in [-0.39, 0.29) is 4.83 Å². The van der Waals surface area contributed by atoms with E-state index in [1.807, 2.05) is 18.2 Å². The summed E-state index contributed by atoms with van der Waals surface area (Å²) in [7, 11) is 1.60. The number of alkyl halides is 1. The van der Waals surface area contributed by atoms with Gasteiger partial charge in [-0.05, 0) is 36.2 Å². The minimum absolute atomic E-state index is 0.0459. The average molecular weight is 406 g/mol. The van der Waals surface area contributed by atoms with E-state index in [9.17, 15) is 8.78 Å². The molecule has 1 unspecified atom stereocenters. The first kappa shape index (κ1) is 15.4. The van der Waals surface area contributed by atoms with Crippen LogP contribution in [0.3, 0.4) is 0 Å². The van der Waals surface area contributed by atoms with Crippen LogP contribution in [0.5, 0.6) is 5.75 Å². The van der Waals surface area contributed by atoms with Gasteiger partial charge in [0, 0.05) is 14.9 Å². The zero-order valence-corrected chi connectivity index (χ0v) is 13.8. The quantitative estimate of drug-likeness (QED) is 0.617. The fraction of sp³-hybridized carbons (Fsp3) is 0.200. The Morgan fingerprint density at radius 1 is 1.10 bits per heavy atom. The summed E-state index contributed by atoms with van der Waals surface area (Å²) in [4.78, 5) is -0.0459. The van der Waals surface area contributed by atoms with Crippen LogP contribution in [0.1, 0.15) is 16.0 Å². The van der Waals surface area contributed by atoms with Gasteiger partial charge in [-0.3, -0.25) is 0 Å². The minimum atomic E-state index is -0.832. The van der Waals surface area contributed by atoms with Crippen LogP contribution in [0, 0.1) is 11.6 Å². The number of benzene rings is 2. The summed E-state index contributed by atoms with van der Waals surface area (Å²) in [6.07, 6.45) is 0.537. The van der Waals surface area contributed by atoms with Gasteiger partial charge in [0.05, 0.1) is 7.11 Å². The predicted octanol–water partition coefficient (Wildman–Crippen LogP) is 5.41. The van der Waals surface area contributed by atoms with Gasteiger partial charge in [0.1, 0.15) is 5.75 Å². The Morgan fingerprint density at radius 3 is 2.50 bits per heavy atom. The number of rotatable bonds is 4. The van der Waals surface area contributed by atoms with Crippen LogP contribution < -0.4 is 4.74 Å². The molecule has 0 spiro atoms. The lowest BCUT2D eigenvalue weighted by Gasteiger charge is -2.15. The van der Waals surface area contributed by atoms with Gasteiger partial charge in [-0.2, -0.15) is 0 Å². The molecule has 20 heavy (non-hydrogen) atoms. The fourth-order valence-electron chi connectivity index (χ4n) is 1.93. The monoisotopic (exact) mass is 404 g/mol. The molecule has 106 valence electrons. The summed E-state index contributed by atoms with van der Waals surface area (Å²) >= 11 is 6.95. The van der Waals surface area contributed by atoms with Gasteiger partial charge in [-0.15, -0.1) is 0 Å². The van der Waals surface area contributed by atoms with Crippen molar-refractivity contribution in [3.63, 3.8) is 0 Å². The van der Waals surface area contributed by atoms with Crippen molar-refractivity contribution < 1.29 is 13.5 Å². The minimum Gasteiger partial charge on any atom is -0.496 e. The molecule has 0 saturated heterocycles. The van der Waals surface area contributed by atoms with E-state index in [2.05, 4.69) is 31.9 Å². The van der Waals surface area contributed by atoms with Crippen LogP contribution in [-0.2, 0) is 6.42 Å². The van der Waals surface area contributed by atoms with Crippen molar-refractivity contribution >= 4 is 31.9 Å². The summed E-state index contributed by atoms with van der Waals surface area (Å²) in [6.45, 7) is 0. The highest BCUT2D eigenvalue weighted by Crippen LogP contribution is 2.35. The maximum absolute atomic E-state index is 13.2. The van der Waals surface area contributed by atoms with Crippen LogP contribution in [0.2, 0.25) is 0 Å². The normalized spacial score (nSPS) is 12.2. The van der Waals surface area contributed by atoms with Crippen molar-refractivity contribution in [1.82, 2.24) is 0 Å². The Bertz CT molecular complexity index is 617. The molecule has 0 fully saturated rings. The van der Waals surface area contributed by atoms with Crippen LogP contribution >= 0.6 is 31.9 Å². The lowest BCUT2D eigenvalue weighted by atomic mass is 10.0. The number of halogens is 4. The predicted molar refractivity (Wildman–Crippen MR) is 82.4 cm³/mol. The molecule has 0 saturated carbocycles. The first-order valence-corrected chi connectivity index (χ1v) is 7.63. The molecule has 0 amide bonds. The molecular formula is C15H12Br2F2O. The van der Waals surface area contributed by atoms with E-state index >= 15 is 0 Å². The Hall–Kier alpha value is -0.940. The Labute approximate surface area is 133 Å². The summed E-state index contributed by atoms with van der Waals surface area (Å²) in [5.74, 6) is -0.921. The largest absolute Gasteiger partial charge is 0.496 e. The van der Waals surface area contributed by atoms with Crippen molar-refractivity contribution in [3.8, 4) is 5.75 Å². The molecule has 0 aliphatic rings. The Balaban J connectivity index is 2.23. The van der Waals surface area contributed by atoms with E-state index < -0.39 is 11.6 Å². The number of hydrogen-bond donors (Lipinski definition) is 0. The molecule has 5 heteroatoms. The summed E-state index contributed by atoms with van der Waals surface area (Å²) in [6, 6.07) is 9.66. The first-order valence-electron chi connectivity index (χ1n) is 5.92. The maximum Gasteiger partial charge on any atom is 0.159 e. The smallest absolute Gasteiger partial charge is 0.159 e. The van der Waals surface area contributed by atoms with Crippen molar-refractivity contribution in [2.75, 3.05) is 7.11 Å². The number of methoxy groups -OCH3 is 1. The van der Waals surface area contributed by atoms with Crippen molar-refractivity contribution in [2.45, 2.75) is 11.2 Å². The van der Waals surface area contributed by atoms with Crippen LogP contribution in [-0.4, -0.2) is 7.11 Å². The van der Waals surface area contributed by atoms with Gasteiger partial charge in [0.15, 0.2) is 11.6 Å². The molecule has 2 aromatic rings. The molecule has 0 heterocycles. The molecule has 0 aliphatic carbocycles. The van der Waals surface area contributed by atoms with Gasteiger partial charge in [-0.25, -0.2) is 8.78 Å². The lowest BCUT2D eigenvalue weighted by Crippen LogP contribution is -2.00. The maximum atomic E-state index is 13.2. The van der Waals surface area contributed by atoms with E-state index in [0.717, 1.165) is 27.4 Å². The zero-order chi connectivity index (χ0) is 14.7. The molecule has 0 N–H and O–H groups in total. The topological polar surface area (TPSA) is 9.23 Å². The van der Waals surface area contributed by atoms with E-state index in [1.165, 1.54) is 6.07 Å². The van der Waals surface area contributed by atoms with Gasteiger partial charge < -0.3 is 4.74 Å². The van der Waals surface area contributed by atoms with Crippen LogP contribution in [0.4, 0.5) is 8.78 Å². The SMILES string of the molecule is COc1cc(Br)ccc1C(Br)Cc1ccc(F)c(F)c1. The molecule has 0 bridgehead atoms. The highest BCUT2D eigenvalue weighted by Gasteiger charge is 2.15. The molecule has 1 nitrogen and oxygen atoms in total. The third kappa shape index (κ3) is 3.58. The fourth-order valence-corrected chi connectivity index (χ4v) is 3.02. The molecule has 0 radical (unpaired) electrons. The molecular weight excluding hydrogens is 394 g/mol. The average Bonchev–Trinajstić information content (AvgIpc) is 2.42. The summed E-state index contributed by atoms with van der Waals surface area (Å²) < 4.78 is 32.4. The van der Waals surface area contributed by atoms with E-state index in [4.69, 9.17) is 4.74 Å². The van der Waals surface area contributed by atoms with Gasteiger partial charge in [0.25, 0.3) is 0 Å². The second-order valence-corrected chi connectivity index (χ2v) is 6.33. The van der Waals surface area contributed by atoms with Gasteiger partial charge in [-0.1, -0.05) is 44.0 Å². The molecule has 0 aliphatic heterocycles. The highest BCUT2D eigenvalue weighted by molar-refractivity contribution is 9.10. The second kappa shape index (κ2) is 6.68. The molecule has 2 aromatic carbocycles. The van der Waals surface area contributed by atoms with Crippen molar-refractivity contribution in [3.05, 3.63) is 63.6 Å². The highest BCUT2D eigenvalue weighted by atomic mass is 79.9. The standard InChI is InChI=1S/C15H12Br2F2O/c1-20-15-8-10(16)3-4-11(15)12(17)6-9-2-5-13(18)14(19)7-9/h2-5,7-8,12H,6H2,1H3. The summed E-state index contributed by atoms with van der Waals surface area (Å²) in [5.41, 5.74) is 1.68. The third-order valence-electron chi connectivity index (χ3n) is 2.93. The van der Waals surface area contributed by atoms with Gasteiger partial charge in [0.2, 0.25) is 0 Å². The Kier molecular flexibility index (Phi) is 5.16. The molecule has 0 aromatic heterocycles. The van der Waals surface area contributed by atoms with Crippen molar-refractivity contribution in [2.24, 2.45) is 0 Å². The van der Waals surface area contributed by atoms with Gasteiger partial charge >= 0.3 is 0 Å². The molecule has 1 atom stereocenters. The molecule has 2 rings (SSSR count). The van der Waals surface area contributed by atoms with E-state index in [0.29, 0.717) is 6.42 Å². The number of hydrogen-bond acceptors (Lipinski definition) is 1.